The molecule has 0 radical (unpaired) electrons. The summed E-state index contributed by atoms with van der Waals surface area (Å²) < 4.78 is 5.58. The number of esters is 1. The molecule has 0 bridgehead atoms. The molecular weight excluding hydrogens is 484 g/mol. The second kappa shape index (κ2) is 9.48. The Kier molecular flexibility index (Phi) is 6.61. The molecule has 6 heteroatoms. The Bertz CT molecular complexity index is 1290. The molecular formula is C31H35ClN2O3. The average molecular weight is 519 g/mol. The van der Waals surface area contributed by atoms with Crippen molar-refractivity contribution in [2.45, 2.75) is 71.8 Å². The van der Waals surface area contributed by atoms with E-state index in [0.717, 1.165) is 61.7 Å². The minimum Gasteiger partial charge on any atom is -0.462 e. The molecule has 6 atom stereocenters. The van der Waals surface area contributed by atoms with Gasteiger partial charge in [0.15, 0.2) is 0 Å². The second-order valence-corrected chi connectivity index (χ2v) is 12.3. The van der Waals surface area contributed by atoms with Gasteiger partial charge in [-0.05, 0) is 96.0 Å². The molecule has 3 fully saturated rings. The minimum absolute atomic E-state index is 0.0239. The number of allylic oxidation sites excluding steroid dienone is 3. The summed E-state index contributed by atoms with van der Waals surface area (Å²) in [6.45, 7) is 6.13. The fourth-order valence-electron chi connectivity index (χ4n) is 8.28. The van der Waals surface area contributed by atoms with Crippen LogP contribution in [-0.4, -0.2) is 18.0 Å². The van der Waals surface area contributed by atoms with Crippen molar-refractivity contribution in [1.29, 1.82) is 5.26 Å². The third kappa shape index (κ3) is 4.34. The molecule has 3 saturated carbocycles. The van der Waals surface area contributed by atoms with Gasteiger partial charge in [-0.25, -0.2) is 0 Å². The Balaban J connectivity index is 1.55. The van der Waals surface area contributed by atoms with Gasteiger partial charge in [0.05, 0.1) is 0 Å². The zero-order valence-electron chi connectivity index (χ0n) is 21.9. The number of nitrogens with two attached hydrogens (primary N) is 1. The number of nitriles is 1. The van der Waals surface area contributed by atoms with Crippen LogP contribution >= 0.6 is 11.6 Å². The van der Waals surface area contributed by atoms with Crippen molar-refractivity contribution in [3.63, 3.8) is 0 Å². The van der Waals surface area contributed by atoms with Crippen molar-refractivity contribution in [2.75, 3.05) is 0 Å². The predicted octanol–water partition coefficient (Wildman–Crippen LogP) is 6.53. The van der Waals surface area contributed by atoms with E-state index in [1.807, 2.05) is 24.3 Å². The summed E-state index contributed by atoms with van der Waals surface area (Å²) in [5.74, 6) is 0.430. The third-order valence-corrected chi connectivity index (χ3v) is 10.1. The summed E-state index contributed by atoms with van der Waals surface area (Å²) in [7, 11) is 0. The fraction of sp³-hybridized carbons (Fsp3) is 0.516. The number of primary amides is 1. The summed E-state index contributed by atoms with van der Waals surface area (Å²) in [4.78, 5) is 24.0. The van der Waals surface area contributed by atoms with Gasteiger partial charge in [-0.15, -0.1) is 0 Å². The molecule has 0 saturated heterocycles. The number of carbonyl (C=O) groups is 2. The van der Waals surface area contributed by atoms with Crippen molar-refractivity contribution in [3.8, 4) is 6.07 Å². The SMILES string of the molecule is CC(=O)O[C@H]1CC[C@@]2(C)C(=CCC3C2CC[C@]2(C)C(=C(\C#N)C(N)=O)/C(=C/c4cccc(Cl)c4)CC32)C1. The number of carbonyl (C=O) groups excluding carboxylic acids is 2. The molecule has 2 N–H and O–H groups in total. The van der Waals surface area contributed by atoms with Crippen LogP contribution in [0.4, 0.5) is 0 Å². The van der Waals surface area contributed by atoms with Gasteiger partial charge in [0.2, 0.25) is 0 Å². The van der Waals surface area contributed by atoms with Gasteiger partial charge in [0.25, 0.3) is 5.91 Å². The second-order valence-electron chi connectivity index (χ2n) is 11.8. The van der Waals surface area contributed by atoms with Crippen molar-refractivity contribution in [3.05, 3.63) is 63.2 Å². The summed E-state index contributed by atoms with van der Waals surface area (Å²) in [5.41, 5.74) is 9.92. The van der Waals surface area contributed by atoms with E-state index in [-0.39, 0.29) is 28.5 Å². The standard InChI is InChI=1S/C31H35ClN2O3/c1-18(35)37-23-9-11-30(2)21(16-23)7-8-24-26(30)10-12-31(3)27(24)15-20(28(31)25(17-33)29(34)36)13-19-5-4-6-22(32)14-19/h4-7,13-14,23-24,26-27H,8-12,15-16H2,1-3H3,(H2,34,36)/b20-13+,28-25+/t23-,24?,26?,27?,30-,31-/m0/s1. The summed E-state index contributed by atoms with van der Waals surface area (Å²) in [5, 5.41) is 10.7. The number of benzene rings is 1. The Morgan fingerprint density at radius 3 is 2.59 bits per heavy atom. The number of halogens is 1. The lowest BCUT2D eigenvalue weighted by Crippen LogP contribution is -2.50. The van der Waals surface area contributed by atoms with E-state index in [9.17, 15) is 14.9 Å². The van der Waals surface area contributed by atoms with E-state index >= 15 is 0 Å². The smallest absolute Gasteiger partial charge is 0.302 e. The molecule has 4 aliphatic carbocycles. The molecule has 0 spiro atoms. The molecule has 5 nitrogen and oxygen atoms in total. The van der Waals surface area contributed by atoms with Gasteiger partial charge >= 0.3 is 5.97 Å². The van der Waals surface area contributed by atoms with E-state index in [4.69, 9.17) is 22.1 Å². The van der Waals surface area contributed by atoms with Crippen molar-refractivity contribution >= 4 is 29.6 Å². The van der Waals surface area contributed by atoms with Crippen LogP contribution in [0.2, 0.25) is 5.02 Å². The first kappa shape index (κ1) is 25.8. The Morgan fingerprint density at radius 2 is 1.92 bits per heavy atom. The van der Waals surface area contributed by atoms with Crippen LogP contribution < -0.4 is 5.73 Å². The first-order chi connectivity index (χ1) is 17.6. The van der Waals surface area contributed by atoms with Crippen LogP contribution in [0, 0.1) is 39.9 Å². The highest BCUT2D eigenvalue weighted by Crippen LogP contribution is 2.67. The Morgan fingerprint density at radius 1 is 1.16 bits per heavy atom. The maximum atomic E-state index is 12.5. The fourth-order valence-corrected chi connectivity index (χ4v) is 8.48. The summed E-state index contributed by atoms with van der Waals surface area (Å²) in [6, 6.07) is 9.82. The molecule has 37 heavy (non-hydrogen) atoms. The van der Waals surface area contributed by atoms with Crippen LogP contribution in [0.1, 0.15) is 71.3 Å². The lowest BCUT2D eigenvalue weighted by atomic mass is 9.47. The van der Waals surface area contributed by atoms with Gasteiger partial charge in [-0.3, -0.25) is 9.59 Å². The largest absolute Gasteiger partial charge is 0.462 e. The molecule has 0 heterocycles. The third-order valence-electron chi connectivity index (χ3n) is 9.91. The molecule has 1 aromatic rings. The zero-order valence-corrected chi connectivity index (χ0v) is 22.6. The predicted molar refractivity (Wildman–Crippen MR) is 144 cm³/mol. The van der Waals surface area contributed by atoms with E-state index in [1.165, 1.54) is 12.5 Å². The zero-order chi connectivity index (χ0) is 26.5. The van der Waals surface area contributed by atoms with E-state index < -0.39 is 5.91 Å². The van der Waals surface area contributed by atoms with Crippen molar-refractivity contribution in [1.82, 2.24) is 0 Å². The number of rotatable bonds is 3. The average Bonchev–Trinajstić information content (AvgIpc) is 3.11. The number of ether oxygens (including phenoxy) is 1. The molecule has 194 valence electrons. The van der Waals surface area contributed by atoms with E-state index in [2.05, 4.69) is 32.1 Å². The van der Waals surface area contributed by atoms with Crippen LogP contribution in [0.3, 0.4) is 0 Å². The van der Waals surface area contributed by atoms with Gasteiger partial charge in [-0.1, -0.05) is 55.3 Å². The maximum absolute atomic E-state index is 12.5. The monoisotopic (exact) mass is 518 g/mol. The van der Waals surface area contributed by atoms with Crippen molar-refractivity contribution in [2.24, 2.45) is 34.3 Å². The minimum atomic E-state index is -0.653. The topological polar surface area (TPSA) is 93.2 Å². The highest BCUT2D eigenvalue weighted by atomic mass is 35.5. The van der Waals surface area contributed by atoms with Gasteiger partial charge < -0.3 is 10.5 Å². The highest BCUT2D eigenvalue weighted by Gasteiger charge is 2.59. The van der Waals surface area contributed by atoms with Gasteiger partial charge in [-0.2, -0.15) is 5.26 Å². The summed E-state index contributed by atoms with van der Waals surface area (Å²) >= 11 is 6.26. The number of nitrogens with zero attached hydrogens (tertiary/aromatic N) is 1. The number of hydrogen-bond acceptors (Lipinski definition) is 4. The molecule has 1 amide bonds. The maximum Gasteiger partial charge on any atom is 0.302 e. The van der Waals surface area contributed by atoms with Crippen LogP contribution in [-0.2, 0) is 14.3 Å². The molecule has 4 aliphatic rings. The number of amides is 1. The quantitative estimate of drug-likeness (QED) is 0.213. The molecule has 0 aromatic heterocycles. The van der Waals surface area contributed by atoms with Gasteiger partial charge in [0.1, 0.15) is 17.7 Å². The Hall–Kier alpha value is -2.84. The Labute approximate surface area is 224 Å². The van der Waals surface area contributed by atoms with Crippen LogP contribution in [0.15, 0.2) is 52.6 Å². The van der Waals surface area contributed by atoms with E-state index in [0.29, 0.717) is 22.8 Å². The molecule has 3 unspecified atom stereocenters. The summed E-state index contributed by atoms with van der Waals surface area (Å²) in [6.07, 6.45) is 10.9. The normalized spacial score (nSPS) is 36.9. The number of fused-ring (bicyclic) bond motifs is 5. The molecule has 5 rings (SSSR count). The van der Waals surface area contributed by atoms with Crippen molar-refractivity contribution < 1.29 is 14.3 Å². The van der Waals surface area contributed by atoms with Crippen LogP contribution in [0.5, 0.6) is 0 Å². The van der Waals surface area contributed by atoms with Crippen LogP contribution in [0.25, 0.3) is 6.08 Å². The van der Waals surface area contributed by atoms with Gasteiger partial charge in [0, 0.05) is 18.4 Å². The first-order valence-corrected chi connectivity index (χ1v) is 13.7. The molecule has 1 aromatic carbocycles. The number of hydrogen-bond donors (Lipinski definition) is 1. The first-order valence-electron chi connectivity index (χ1n) is 13.3. The highest BCUT2D eigenvalue weighted by molar-refractivity contribution is 6.30. The lowest BCUT2D eigenvalue weighted by Gasteiger charge is -2.57. The lowest BCUT2D eigenvalue weighted by molar-refractivity contribution is -0.148. The molecule has 0 aliphatic heterocycles. The van der Waals surface area contributed by atoms with E-state index in [1.54, 1.807) is 0 Å².